The zero-order chi connectivity index (χ0) is 18.1. The maximum atomic E-state index is 10.2. The summed E-state index contributed by atoms with van der Waals surface area (Å²) in [6.45, 7) is 0.188. The van der Waals surface area contributed by atoms with E-state index in [0.717, 1.165) is 5.56 Å². The Morgan fingerprint density at radius 3 is 2.62 bits per heavy atom. The van der Waals surface area contributed by atoms with Crippen molar-refractivity contribution in [2.45, 2.75) is 31.1 Å². The molecule has 1 unspecified atom stereocenters. The second-order valence-electron chi connectivity index (χ2n) is 6.11. The van der Waals surface area contributed by atoms with Crippen LogP contribution in [0.4, 0.5) is 5.82 Å². The topological polar surface area (TPSA) is 126 Å². The fourth-order valence-corrected chi connectivity index (χ4v) is 3.06. The highest BCUT2D eigenvalue weighted by Crippen LogP contribution is 2.32. The molecule has 0 spiro atoms. The van der Waals surface area contributed by atoms with Crippen LogP contribution in [-0.2, 0) is 11.3 Å². The molecule has 1 aromatic carbocycles. The molecule has 4 atom stereocenters. The lowest BCUT2D eigenvalue weighted by Gasteiger charge is -2.16. The van der Waals surface area contributed by atoms with Gasteiger partial charge in [0.05, 0.1) is 12.9 Å². The summed E-state index contributed by atoms with van der Waals surface area (Å²) < 4.78 is 7.08. The normalized spacial score (nSPS) is 25.7. The smallest absolute Gasteiger partial charge is 0.167 e. The molecule has 3 aromatic rings. The molecule has 1 aliphatic heterocycles. The molecular weight excluding hydrogens is 338 g/mol. The molecule has 9 heteroatoms. The molecular formula is C17H19N5O4. The average Bonchev–Trinajstić information content (AvgIpc) is 3.23. The minimum absolute atomic E-state index is 0.389. The molecule has 0 aliphatic carbocycles. The number of hydrogen-bond donors (Lipinski definition) is 4. The number of aromatic nitrogens is 4. The Morgan fingerprint density at radius 1 is 1.08 bits per heavy atom. The first-order chi connectivity index (χ1) is 12.7. The van der Waals surface area contributed by atoms with Crippen molar-refractivity contribution in [3.8, 4) is 0 Å². The zero-order valence-corrected chi connectivity index (χ0v) is 13.8. The maximum absolute atomic E-state index is 10.2. The van der Waals surface area contributed by atoms with Crippen molar-refractivity contribution in [2.75, 3.05) is 11.9 Å². The van der Waals surface area contributed by atoms with Crippen molar-refractivity contribution in [1.82, 2.24) is 19.5 Å². The predicted molar refractivity (Wildman–Crippen MR) is 92.1 cm³/mol. The van der Waals surface area contributed by atoms with Gasteiger partial charge in [0.25, 0.3) is 0 Å². The van der Waals surface area contributed by atoms with Crippen LogP contribution in [0.3, 0.4) is 0 Å². The minimum atomic E-state index is -1.19. The van der Waals surface area contributed by atoms with Crippen molar-refractivity contribution in [2.24, 2.45) is 0 Å². The Bertz CT molecular complexity index is 887. The Hall–Kier alpha value is -2.59. The van der Waals surface area contributed by atoms with Gasteiger partial charge < -0.3 is 25.4 Å². The Balaban J connectivity index is 1.61. The average molecular weight is 357 g/mol. The maximum Gasteiger partial charge on any atom is 0.167 e. The highest BCUT2D eigenvalue weighted by atomic mass is 16.6. The summed E-state index contributed by atoms with van der Waals surface area (Å²) in [6, 6.07) is 9.88. The number of ether oxygens (including phenoxy) is 1. The molecule has 0 saturated carbocycles. The van der Waals surface area contributed by atoms with Gasteiger partial charge in [0.15, 0.2) is 23.2 Å². The Kier molecular flexibility index (Phi) is 4.51. The number of nitrogens with one attached hydrogen (secondary N) is 1. The Morgan fingerprint density at radius 2 is 1.88 bits per heavy atom. The number of benzene rings is 1. The van der Waals surface area contributed by atoms with Crippen LogP contribution >= 0.6 is 0 Å². The van der Waals surface area contributed by atoms with Crippen LogP contribution in [0, 0.1) is 0 Å². The van der Waals surface area contributed by atoms with Crippen molar-refractivity contribution in [3.05, 3.63) is 48.5 Å². The van der Waals surface area contributed by atoms with Gasteiger partial charge in [-0.05, 0) is 5.56 Å². The van der Waals surface area contributed by atoms with Crippen molar-refractivity contribution in [1.29, 1.82) is 0 Å². The van der Waals surface area contributed by atoms with E-state index in [2.05, 4.69) is 20.3 Å². The molecule has 0 amide bonds. The lowest BCUT2D eigenvalue weighted by Crippen LogP contribution is -2.33. The molecule has 1 fully saturated rings. The third kappa shape index (κ3) is 2.90. The number of hydrogen-bond acceptors (Lipinski definition) is 8. The van der Waals surface area contributed by atoms with E-state index in [9.17, 15) is 15.3 Å². The van der Waals surface area contributed by atoms with E-state index in [1.807, 2.05) is 30.3 Å². The van der Waals surface area contributed by atoms with Crippen LogP contribution in [0.1, 0.15) is 11.8 Å². The molecule has 2 aromatic heterocycles. The highest BCUT2D eigenvalue weighted by Gasteiger charge is 2.44. The first-order valence-electron chi connectivity index (χ1n) is 8.27. The summed E-state index contributed by atoms with van der Waals surface area (Å²) in [4.78, 5) is 12.8. The van der Waals surface area contributed by atoms with E-state index >= 15 is 0 Å². The van der Waals surface area contributed by atoms with E-state index in [4.69, 9.17) is 4.74 Å². The second kappa shape index (κ2) is 6.96. The molecule has 0 bridgehead atoms. The number of aliphatic hydroxyl groups is 3. The fourth-order valence-electron chi connectivity index (χ4n) is 3.06. The number of imidazole rings is 1. The van der Waals surface area contributed by atoms with Crippen LogP contribution in [-0.4, -0.2) is 59.8 Å². The van der Waals surface area contributed by atoms with E-state index in [1.165, 1.54) is 17.2 Å². The molecule has 3 heterocycles. The molecule has 9 nitrogen and oxygen atoms in total. The summed E-state index contributed by atoms with van der Waals surface area (Å²) in [7, 11) is 0. The van der Waals surface area contributed by atoms with E-state index in [0.29, 0.717) is 23.5 Å². The van der Waals surface area contributed by atoms with Crippen molar-refractivity contribution < 1.29 is 20.1 Å². The standard InChI is InChI=1S/C17H19N5O4/c23-7-11-13(24)14(25)17(26-11)22-9-21-12-15(19-8-20-16(12)22)18-6-10-4-2-1-3-5-10/h1-5,8-9,11,13-14,17,23-25H,6-7H2,(H,18,19,20)/t11-,13+,14?,17-/m1/s1. The molecule has 136 valence electrons. The minimum Gasteiger partial charge on any atom is -0.394 e. The van der Waals surface area contributed by atoms with Crippen molar-refractivity contribution >= 4 is 17.0 Å². The Labute approximate surface area is 148 Å². The van der Waals surface area contributed by atoms with Crippen LogP contribution in [0.25, 0.3) is 11.2 Å². The van der Waals surface area contributed by atoms with Gasteiger partial charge in [-0.2, -0.15) is 0 Å². The first-order valence-corrected chi connectivity index (χ1v) is 8.27. The fraction of sp³-hybridized carbons (Fsp3) is 0.353. The monoisotopic (exact) mass is 357 g/mol. The summed E-state index contributed by atoms with van der Waals surface area (Å²) in [5, 5.41) is 32.6. The van der Waals surface area contributed by atoms with Gasteiger partial charge in [0, 0.05) is 6.54 Å². The quantitative estimate of drug-likeness (QED) is 0.505. The van der Waals surface area contributed by atoms with Gasteiger partial charge in [-0.15, -0.1) is 0 Å². The lowest BCUT2D eigenvalue weighted by molar-refractivity contribution is -0.0511. The number of anilines is 1. The van der Waals surface area contributed by atoms with E-state index < -0.39 is 24.5 Å². The highest BCUT2D eigenvalue weighted by molar-refractivity contribution is 5.82. The van der Waals surface area contributed by atoms with Gasteiger partial charge in [-0.25, -0.2) is 15.0 Å². The number of aliphatic hydroxyl groups excluding tert-OH is 3. The molecule has 0 radical (unpaired) electrons. The summed E-state index contributed by atoms with van der Waals surface area (Å²) >= 11 is 0. The molecule has 1 saturated heterocycles. The molecule has 4 rings (SSSR count). The van der Waals surface area contributed by atoms with Crippen LogP contribution in [0.5, 0.6) is 0 Å². The van der Waals surface area contributed by atoms with Crippen LogP contribution in [0.2, 0.25) is 0 Å². The molecule has 4 N–H and O–H groups in total. The number of nitrogens with zero attached hydrogens (tertiary/aromatic N) is 4. The lowest BCUT2D eigenvalue weighted by atomic mass is 10.1. The van der Waals surface area contributed by atoms with Crippen LogP contribution in [0.15, 0.2) is 43.0 Å². The van der Waals surface area contributed by atoms with E-state index in [1.54, 1.807) is 0 Å². The second-order valence-corrected chi connectivity index (χ2v) is 6.11. The summed E-state index contributed by atoms with van der Waals surface area (Å²) in [6.07, 6.45) is -1.24. The molecule has 1 aliphatic rings. The van der Waals surface area contributed by atoms with Gasteiger partial charge in [0.2, 0.25) is 0 Å². The number of fused-ring (bicyclic) bond motifs is 1. The van der Waals surface area contributed by atoms with Crippen molar-refractivity contribution in [3.63, 3.8) is 0 Å². The van der Waals surface area contributed by atoms with Gasteiger partial charge in [-0.1, -0.05) is 30.3 Å². The zero-order valence-electron chi connectivity index (χ0n) is 13.8. The third-order valence-electron chi connectivity index (χ3n) is 4.45. The summed E-state index contributed by atoms with van der Waals surface area (Å²) in [5.41, 5.74) is 2.09. The van der Waals surface area contributed by atoms with Crippen LogP contribution < -0.4 is 5.32 Å². The summed E-state index contributed by atoms with van der Waals surface area (Å²) in [5.74, 6) is 0.560. The third-order valence-corrected chi connectivity index (χ3v) is 4.45. The SMILES string of the molecule is OC[C@H]1O[C@@H](n2cnc3c(NCc4ccccc4)ncnc32)C(O)[C@H]1O. The largest absolute Gasteiger partial charge is 0.394 e. The predicted octanol–water partition coefficient (Wildman–Crippen LogP) is 0.0499. The van der Waals surface area contributed by atoms with Gasteiger partial charge in [-0.3, -0.25) is 4.57 Å². The molecule has 26 heavy (non-hydrogen) atoms. The van der Waals surface area contributed by atoms with E-state index in [-0.39, 0.29) is 6.61 Å². The number of rotatable bonds is 5. The first kappa shape index (κ1) is 16.9. The van der Waals surface area contributed by atoms with Gasteiger partial charge >= 0.3 is 0 Å². The van der Waals surface area contributed by atoms with Gasteiger partial charge in [0.1, 0.15) is 24.6 Å².